The molecule has 2 aromatic carbocycles. The van der Waals surface area contributed by atoms with Gasteiger partial charge in [0.1, 0.15) is 17.1 Å². The summed E-state index contributed by atoms with van der Waals surface area (Å²) in [6, 6.07) is 19.1. The Labute approximate surface area is 170 Å². The second-order valence-electron chi connectivity index (χ2n) is 6.57. The molecule has 0 radical (unpaired) electrons. The molecule has 0 bridgehead atoms. The van der Waals surface area contributed by atoms with Gasteiger partial charge >= 0.3 is 0 Å². The third-order valence-electron chi connectivity index (χ3n) is 4.24. The van der Waals surface area contributed by atoms with Crippen molar-refractivity contribution in [2.45, 2.75) is 6.61 Å². The van der Waals surface area contributed by atoms with Crippen LogP contribution in [0, 0.1) is 5.41 Å². The number of hydrogen-bond acceptors (Lipinski definition) is 5. The van der Waals surface area contributed by atoms with Gasteiger partial charge in [0.2, 0.25) is 0 Å². The van der Waals surface area contributed by atoms with Crippen molar-refractivity contribution < 1.29 is 10.8 Å². The summed E-state index contributed by atoms with van der Waals surface area (Å²) in [4.78, 5) is 10.3. The van der Waals surface area contributed by atoms with Crippen LogP contribution in [0.15, 0.2) is 73.0 Å². The van der Waals surface area contributed by atoms with E-state index in [0.717, 1.165) is 17.2 Å². The molecule has 0 atom stereocenters. The van der Waals surface area contributed by atoms with Crippen molar-refractivity contribution in [1.29, 1.82) is 5.41 Å². The van der Waals surface area contributed by atoms with Gasteiger partial charge in [0.25, 0.3) is 6.02 Å². The number of nitrogens with one attached hydrogen (secondary N) is 1. The van der Waals surface area contributed by atoms with Crippen molar-refractivity contribution in [2.24, 2.45) is 0 Å². The highest BCUT2D eigenvalue weighted by atomic mass is 16.5. The molecule has 146 valence electrons. The normalized spacial score (nSPS) is 11.2. The van der Waals surface area contributed by atoms with E-state index in [4.69, 9.17) is 16.3 Å². The lowest BCUT2D eigenvalue weighted by Gasteiger charge is -2.13. The Morgan fingerprint density at radius 2 is 1.79 bits per heavy atom. The molecule has 0 aliphatic rings. The number of aromatic nitrogens is 3. The minimum absolute atomic E-state index is 0.00890. The van der Waals surface area contributed by atoms with Crippen molar-refractivity contribution in [1.82, 2.24) is 19.4 Å². The molecule has 0 fully saturated rings. The minimum Gasteiger partial charge on any atom is -0.457 e. The molecule has 0 spiro atoms. The highest BCUT2D eigenvalue weighted by Gasteiger charge is 2.09. The Bertz CT molecular complexity index is 1170. The molecular formula is C22H21N5O2. The molecule has 1 N–H and O–H groups in total. The Kier molecular flexibility index (Phi) is 4.77. The van der Waals surface area contributed by atoms with Crippen LogP contribution in [0.4, 0.5) is 0 Å². The standard InChI is InChI=1S/C22H21N5O2/c1-26(2)22(23)28-15-20-24-14-16-12-13-27(21(16)25-20)17-8-10-19(11-9-17)29-18-6-4-3-5-7-18/h3-14,23H,15H2,1-2H3/i14D. The van der Waals surface area contributed by atoms with Gasteiger partial charge in [-0.05, 0) is 42.5 Å². The molecule has 0 saturated heterocycles. The van der Waals surface area contributed by atoms with Gasteiger partial charge in [0.05, 0.1) is 1.37 Å². The summed E-state index contributed by atoms with van der Waals surface area (Å²) in [5, 5.41) is 8.39. The summed E-state index contributed by atoms with van der Waals surface area (Å²) in [6.45, 7) is 0.0217. The third kappa shape index (κ3) is 4.19. The molecule has 0 saturated carbocycles. The van der Waals surface area contributed by atoms with Crippen LogP contribution in [0.25, 0.3) is 16.7 Å². The monoisotopic (exact) mass is 388 g/mol. The molecule has 29 heavy (non-hydrogen) atoms. The molecule has 0 aliphatic carbocycles. The quantitative estimate of drug-likeness (QED) is 0.409. The van der Waals surface area contributed by atoms with E-state index in [1.54, 1.807) is 19.0 Å². The van der Waals surface area contributed by atoms with Crippen molar-refractivity contribution in [3.8, 4) is 17.2 Å². The maximum atomic E-state index is 8.21. The predicted octanol–water partition coefficient (Wildman–Crippen LogP) is 4.23. The van der Waals surface area contributed by atoms with Gasteiger partial charge in [-0.1, -0.05) is 18.2 Å². The maximum absolute atomic E-state index is 8.21. The van der Waals surface area contributed by atoms with Gasteiger partial charge < -0.3 is 18.9 Å². The molecule has 0 unspecified atom stereocenters. The number of benzene rings is 2. The average Bonchev–Trinajstić information content (AvgIpc) is 3.18. The predicted molar refractivity (Wildman–Crippen MR) is 112 cm³/mol. The van der Waals surface area contributed by atoms with Crippen molar-refractivity contribution in [3.05, 3.63) is 78.9 Å². The summed E-state index contributed by atoms with van der Waals surface area (Å²) < 4.78 is 21.3. The summed E-state index contributed by atoms with van der Waals surface area (Å²) >= 11 is 0. The smallest absolute Gasteiger partial charge is 0.284 e. The van der Waals surface area contributed by atoms with Crippen molar-refractivity contribution >= 4 is 17.1 Å². The van der Waals surface area contributed by atoms with E-state index in [-0.39, 0.29) is 18.8 Å². The first kappa shape index (κ1) is 17.2. The van der Waals surface area contributed by atoms with Gasteiger partial charge in [-0.3, -0.25) is 5.41 Å². The molecule has 2 aromatic heterocycles. The number of hydrogen-bond donors (Lipinski definition) is 1. The van der Waals surface area contributed by atoms with Gasteiger partial charge in [-0.15, -0.1) is 0 Å². The van der Waals surface area contributed by atoms with Crippen LogP contribution in [0.1, 0.15) is 7.20 Å². The topological polar surface area (TPSA) is 76.3 Å². The summed E-state index contributed by atoms with van der Waals surface area (Å²) in [5.41, 5.74) is 1.50. The van der Waals surface area contributed by atoms with Crippen molar-refractivity contribution in [3.63, 3.8) is 0 Å². The molecule has 4 aromatic rings. The molecule has 7 heteroatoms. The van der Waals surface area contributed by atoms with Gasteiger partial charge in [-0.2, -0.15) is 0 Å². The SMILES string of the molecule is [2H]c1nc(COC(=N)N(C)C)nc2c1ccn2-c1ccc(Oc2ccccc2)cc1. The Hall–Kier alpha value is -3.87. The number of fused-ring (bicyclic) bond motifs is 1. The van der Waals surface area contributed by atoms with Crippen LogP contribution in [-0.4, -0.2) is 39.6 Å². The maximum Gasteiger partial charge on any atom is 0.284 e. The number of para-hydroxylation sites is 1. The number of nitrogens with zero attached hydrogens (tertiary/aromatic N) is 4. The number of ether oxygens (including phenoxy) is 2. The molecule has 7 nitrogen and oxygen atoms in total. The zero-order chi connectivity index (χ0) is 21.1. The van der Waals surface area contributed by atoms with E-state index in [9.17, 15) is 0 Å². The first-order valence-corrected chi connectivity index (χ1v) is 9.08. The van der Waals surface area contributed by atoms with Crippen LogP contribution in [0.3, 0.4) is 0 Å². The van der Waals surface area contributed by atoms with Crippen LogP contribution in [-0.2, 0) is 11.3 Å². The Morgan fingerprint density at radius 3 is 2.52 bits per heavy atom. The van der Waals surface area contributed by atoms with Crippen LogP contribution in [0.5, 0.6) is 11.5 Å². The lowest BCUT2D eigenvalue weighted by molar-refractivity contribution is 0.235. The fourth-order valence-corrected chi connectivity index (χ4v) is 2.73. The molecular weight excluding hydrogens is 366 g/mol. The van der Waals surface area contributed by atoms with E-state index in [1.165, 1.54) is 0 Å². The van der Waals surface area contributed by atoms with E-state index < -0.39 is 0 Å². The zero-order valence-electron chi connectivity index (χ0n) is 17.2. The summed E-state index contributed by atoms with van der Waals surface area (Å²) in [5.74, 6) is 1.85. The fourth-order valence-electron chi connectivity index (χ4n) is 2.73. The Morgan fingerprint density at radius 1 is 1.07 bits per heavy atom. The summed E-state index contributed by atoms with van der Waals surface area (Å²) in [6.07, 6.45) is 1.98. The van der Waals surface area contributed by atoms with E-state index in [0.29, 0.717) is 16.9 Å². The van der Waals surface area contributed by atoms with Gasteiger partial charge in [-0.25, -0.2) is 9.97 Å². The first-order chi connectivity index (χ1) is 14.5. The second kappa shape index (κ2) is 8.02. The summed E-state index contributed by atoms with van der Waals surface area (Å²) in [7, 11) is 3.44. The second-order valence-corrected chi connectivity index (χ2v) is 6.57. The Balaban J connectivity index is 1.60. The van der Waals surface area contributed by atoms with Crippen LogP contribution >= 0.6 is 0 Å². The lowest BCUT2D eigenvalue weighted by Crippen LogP contribution is -2.23. The number of rotatable bonds is 5. The molecule has 0 aliphatic heterocycles. The van der Waals surface area contributed by atoms with E-state index in [2.05, 4.69) is 9.97 Å². The van der Waals surface area contributed by atoms with E-state index in [1.807, 2.05) is 71.4 Å². The van der Waals surface area contributed by atoms with E-state index >= 15 is 0 Å². The molecule has 0 amide bonds. The lowest BCUT2D eigenvalue weighted by atomic mass is 10.3. The fraction of sp³-hybridized carbons (Fsp3) is 0.136. The largest absolute Gasteiger partial charge is 0.457 e. The minimum atomic E-state index is 0.00890. The molecule has 4 rings (SSSR count). The van der Waals surface area contributed by atoms with Crippen molar-refractivity contribution in [2.75, 3.05) is 14.1 Å². The van der Waals surface area contributed by atoms with Crippen LogP contribution in [0.2, 0.25) is 0 Å². The number of amidine groups is 1. The molecule has 2 heterocycles. The van der Waals surface area contributed by atoms with Gasteiger partial charge in [0.15, 0.2) is 12.4 Å². The van der Waals surface area contributed by atoms with Gasteiger partial charge in [0, 0.05) is 37.5 Å². The first-order valence-electron chi connectivity index (χ1n) is 9.58. The van der Waals surface area contributed by atoms with Crippen LogP contribution < -0.4 is 4.74 Å². The highest BCUT2D eigenvalue weighted by Crippen LogP contribution is 2.24. The average molecular weight is 388 g/mol. The zero-order valence-corrected chi connectivity index (χ0v) is 16.2. The third-order valence-corrected chi connectivity index (χ3v) is 4.24. The highest BCUT2D eigenvalue weighted by molar-refractivity contribution is 5.77.